The van der Waals surface area contributed by atoms with E-state index in [1.165, 1.54) is 0 Å². The summed E-state index contributed by atoms with van der Waals surface area (Å²) in [7, 11) is 0. The Morgan fingerprint density at radius 2 is 2.29 bits per heavy atom. The SMILES string of the molecule is CC(C)Cn1cc(C(=O)N2CCNCC2c2cccc(Cl)c2)cn1. The largest absolute Gasteiger partial charge is 0.329 e. The van der Waals surface area contributed by atoms with Crippen LogP contribution in [0.5, 0.6) is 0 Å². The molecule has 0 spiro atoms. The van der Waals surface area contributed by atoms with Crippen molar-refractivity contribution in [2.75, 3.05) is 19.6 Å². The van der Waals surface area contributed by atoms with Crippen LogP contribution < -0.4 is 5.32 Å². The summed E-state index contributed by atoms with van der Waals surface area (Å²) in [5.41, 5.74) is 1.70. The Morgan fingerprint density at radius 3 is 3.04 bits per heavy atom. The van der Waals surface area contributed by atoms with Crippen molar-refractivity contribution < 1.29 is 4.79 Å². The molecule has 1 aromatic heterocycles. The quantitative estimate of drug-likeness (QED) is 0.926. The van der Waals surface area contributed by atoms with Crippen molar-refractivity contribution in [3.05, 3.63) is 52.8 Å². The van der Waals surface area contributed by atoms with Crippen LogP contribution in [0, 0.1) is 5.92 Å². The van der Waals surface area contributed by atoms with E-state index in [0.717, 1.165) is 25.2 Å². The summed E-state index contributed by atoms with van der Waals surface area (Å²) in [6.07, 6.45) is 3.52. The third-order valence-electron chi connectivity index (χ3n) is 4.17. The molecule has 0 aliphatic carbocycles. The Hall–Kier alpha value is -1.85. The van der Waals surface area contributed by atoms with E-state index in [4.69, 9.17) is 11.6 Å². The van der Waals surface area contributed by atoms with Crippen molar-refractivity contribution >= 4 is 17.5 Å². The molecule has 1 amide bonds. The zero-order valence-electron chi connectivity index (χ0n) is 14.1. The van der Waals surface area contributed by atoms with Crippen LogP contribution in [0.1, 0.15) is 35.8 Å². The number of halogens is 1. The first kappa shape index (κ1) is 17.0. The van der Waals surface area contributed by atoms with Gasteiger partial charge in [-0.25, -0.2) is 0 Å². The summed E-state index contributed by atoms with van der Waals surface area (Å²) in [5, 5.41) is 8.37. The molecule has 0 saturated carbocycles. The van der Waals surface area contributed by atoms with Gasteiger partial charge in [0.15, 0.2) is 0 Å². The minimum absolute atomic E-state index is 0.0154. The fraction of sp³-hybridized carbons (Fsp3) is 0.444. The van der Waals surface area contributed by atoms with Crippen molar-refractivity contribution in [3.63, 3.8) is 0 Å². The topological polar surface area (TPSA) is 50.2 Å². The highest BCUT2D eigenvalue weighted by atomic mass is 35.5. The van der Waals surface area contributed by atoms with Gasteiger partial charge in [0.25, 0.3) is 5.91 Å². The summed E-state index contributed by atoms with van der Waals surface area (Å²) in [6, 6.07) is 7.71. The van der Waals surface area contributed by atoms with Crippen molar-refractivity contribution in [3.8, 4) is 0 Å². The number of benzene rings is 1. The minimum Gasteiger partial charge on any atom is -0.329 e. The summed E-state index contributed by atoms with van der Waals surface area (Å²) in [4.78, 5) is 14.9. The Labute approximate surface area is 147 Å². The number of hydrogen-bond acceptors (Lipinski definition) is 3. The predicted molar refractivity (Wildman–Crippen MR) is 95.2 cm³/mol. The number of piperazine rings is 1. The van der Waals surface area contributed by atoms with Crippen LogP contribution in [0.4, 0.5) is 0 Å². The maximum absolute atomic E-state index is 13.0. The van der Waals surface area contributed by atoms with Crippen LogP contribution in [0.2, 0.25) is 5.02 Å². The van der Waals surface area contributed by atoms with Crippen molar-refractivity contribution in [1.29, 1.82) is 0 Å². The highest BCUT2D eigenvalue weighted by Crippen LogP contribution is 2.26. The van der Waals surface area contributed by atoms with Gasteiger partial charge in [0.1, 0.15) is 0 Å². The first-order valence-corrected chi connectivity index (χ1v) is 8.72. The Bertz CT molecular complexity index is 713. The third-order valence-corrected chi connectivity index (χ3v) is 4.41. The van der Waals surface area contributed by atoms with Gasteiger partial charge in [0, 0.05) is 37.4 Å². The van der Waals surface area contributed by atoms with E-state index in [1.54, 1.807) is 6.20 Å². The van der Waals surface area contributed by atoms with Crippen LogP contribution in [0.15, 0.2) is 36.7 Å². The van der Waals surface area contributed by atoms with Crippen LogP contribution in [-0.4, -0.2) is 40.2 Å². The molecular weight excluding hydrogens is 324 g/mol. The summed E-state index contributed by atoms with van der Waals surface area (Å²) in [5.74, 6) is 0.516. The van der Waals surface area contributed by atoms with Gasteiger partial charge < -0.3 is 10.2 Å². The molecule has 1 atom stereocenters. The second-order valence-electron chi connectivity index (χ2n) is 6.62. The van der Waals surface area contributed by atoms with Crippen LogP contribution in [0.3, 0.4) is 0 Å². The van der Waals surface area contributed by atoms with E-state index in [9.17, 15) is 4.79 Å². The summed E-state index contributed by atoms with van der Waals surface area (Å²) >= 11 is 6.12. The second-order valence-corrected chi connectivity index (χ2v) is 7.05. The lowest BCUT2D eigenvalue weighted by Gasteiger charge is -2.36. The molecule has 2 aromatic rings. The number of carbonyl (C=O) groups is 1. The Morgan fingerprint density at radius 1 is 1.46 bits per heavy atom. The van der Waals surface area contributed by atoms with Crippen LogP contribution >= 0.6 is 11.6 Å². The number of rotatable bonds is 4. The molecule has 2 heterocycles. The Balaban J connectivity index is 1.82. The van der Waals surface area contributed by atoms with E-state index in [2.05, 4.69) is 24.3 Å². The standard InChI is InChI=1S/C18H23ClN4O/c1-13(2)11-22-12-15(9-21-22)18(24)23-7-6-20-10-17(23)14-4-3-5-16(19)8-14/h3-5,8-9,12-13,17,20H,6-7,10-11H2,1-2H3. The molecule has 1 fully saturated rings. The van der Waals surface area contributed by atoms with E-state index in [-0.39, 0.29) is 11.9 Å². The van der Waals surface area contributed by atoms with E-state index < -0.39 is 0 Å². The number of carbonyl (C=O) groups excluding carboxylic acids is 1. The van der Waals surface area contributed by atoms with Gasteiger partial charge in [-0.15, -0.1) is 0 Å². The lowest BCUT2D eigenvalue weighted by molar-refractivity contribution is 0.0634. The monoisotopic (exact) mass is 346 g/mol. The van der Waals surface area contributed by atoms with Gasteiger partial charge in [-0.1, -0.05) is 37.6 Å². The van der Waals surface area contributed by atoms with Crippen LogP contribution in [0.25, 0.3) is 0 Å². The fourth-order valence-corrected chi connectivity index (χ4v) is 3.27. The number of aromatic nitrogens is 2. The molecule has 0 radical (unpaired) electrons. The molecular formula is C18H23ClN4O. The molecule has 5 nitrogen and oxygen atoms in total. The lowest BCUT2D eigenvalue weighted by atomic mass is 10.0. The molecule has 1 saturated heterocycles. The maximum atomic E-state index is 13.0. The zero-order chi connectivity index (χ0) is 17.1. The average molecular weight is 347 g/mol. The predicted octanol–water partition coefficient (Wildman–Crippen LogP) is 2.98. The van der Waals surface area contributed by atoms with Crippen molar-refractivity contribution in [2.24, 2.45) is 5.92 Å². The van der Waals surface area contributed by atoms with E-state index >= 15 is 0 Å². The highest BCUT2D eigenvalue weighted by Gasteiger charge is 2.29. The first-order valence-electron chi connectivity index (χ1n) is 8.34. The van der Waals surface area contributed by atoms with Gasteiger partial charge in [-0.2, -0.15) is 5.10 Å². The fourth-order valence-electron chi connectivity index (χ4n) is 3.07. The van der Waals surface area contributed by atoms with Crippen molar-refractivity contribution in [2.45, 2.75) is 26.4 Å². The molecule has 1 N–H and O–H groups in total. The van der Waals surface area contributed by atoms with Gasteiger partial charge in [-0.3, -0.25) is 9.48 Å². The lowest BCUT2D eigenvalue weighted by Crippen LogP contribution is -2.48. The zero-order valence-corrected chi connectivity index (χ0v) is 14.8. The molecule has 6 heteroatoms. The van der Waals surface area contributed by atoms with Gasteiger partial charge in [-0.05, 0) is 23.6 Å². The number of hydrogen-bond donors (Lipinski definition) is 1. The number of nitrogens with one attached hydrogen (secondary N) is 1. The molecule has 0 bridgehead atoms. The maximum Gasteiger partial charge on any atom is 0.257 e. The Kier molecular flexibility index (Phi) is 5.21. The van der Waals surface area contributed by atoms with Crippen LogP contribution in [-0.2, 0) is 6.54 Å². The number of nitrogens with zero attached hydrogens (tertiary/aromatic N) is 3. The van der Waals surface area contributed by atoms with E-state index in [0.29, 0.717) is 23.0 Å². The molecule has 24 heavy (non-hydrogen) atoms. The van der Waals surface area contributed by atoms with Gasteiger partial charge >= 0.3 is 0 Å². The first-order chi connectivity index (χ1) is 11.5. The molecule has 1 aliphatic heterocycles. The van der Waals surface area contributed by atoms with E-state index in [1.807, 2.05) is 40.0 Å². The summed E-state index contributed by atoms with van der Waals surface area (Å²) < 4.78 is 1.84. The number of amides is 1. The van der Waals surface area contributed by atoms with Gasteiger partial charge in [0.2, 0.25) is 0 Å². The smallest absolute Gasteiger partial charge is 0.257 e. The van der Waals surface area contributed by atoms with Gasteiger partial charge in [0.05, 0.1) is 17.8 Å². The third kappa shape index (κ3) is 3.79. The molecule has 1 unspecified atom stereocenters. The average Bonchev–Trinajstić information content (AvgIpc) is 3.02. The molecule has 1 aliphatic rings. The summed E-state index contributed by atoms with van der Waals surface area (Å²) in [6.45, 7) is 7.27. The highest BCUT2D eigenvalue weighted by molar-refractivity contribution is 6.30. The normalized spacial score (nSPS) is 18.2. The van der Waals surface area contributed by atoms with Crippen molar-refractivity contribution in [1.82, 2.24) is 20.0 Å². The molecule has 3 rings (SSSR count). The second kappa shape index (κ2) is 7.36. The minimum atomic E-state index is -0.0154. The molecule has 1 aromatic carbocycles. The molecule has 128 valence electrons.